The van der Waals surface area contributed by atoms with E-state index in [4.69, 9.17) is 0 Å². The van der Waals surface area contributed by atoms with Crippen molar-refractivity contribution in [2.45, 2.75) is 13.0 Å². The van der Waals surface area contributed by atoms with Gasteiger partial charge in [-0.3, -0.25) is 19.6 Å². The highest BCUT2D eigenvalue weighted by atomic mass is 16.6. The van der Waals surface area contributed by atoms with Crippen molar-refractivity contribution in [3.05, 3.63) is 51.8 Å². The summed E-state index contributed by atoms with van der Waals surface area (Å²) in [5.74, 6) is 0. The summed E-state index contributed by atoms with van der Waals surface area (Å²) in [6.07, 6.45) is 2.56. The molecule has 0 radical (unpaired) electrons. The average Bonchev–Trinajstić information content (AvgIpc) is 2.84. The van der Waals surface area contributed by atoms with E-state index >= 15 is 0 Å². The lowest BCUT2D eigenvalue weighted by Gasteiger charge is -2.02. The molecule has 7 heteroatoms. The number of hydrogen-bond acceptors (Lipinski definition) is 5. The van der Waals surface area contributed by atoms with Gasteiger partial charge in [0.25, 0.3) is 5.69 Å². The third-order valence-corrected chi connectivity index (χ3v) is 2.48. The molecule has 0 saturated heterocycles. The first kappa shape index (κ1) is 11.9. The van der Waals surface area contributed by atoms with Crippen molar-refractivity contribution in [1.29, 1.82) is 0 Å². The fourth-order valence-corrected chi connectivity index (χ4v) is 1.61. The van der Waals surface area contributed by atoms with Crippen LogP contribution in [-0.2, 0) is 13.0 Å². The summed E-state index contributed by atoms with van der Waals surface area (Å²) in [6, 6.07) is 6.55. The largest absolute Gasteiger partial charge is 0.296 e. The zero-order valence-corrected chi connectivity index (χ0v) is 9.39. The third kappa shape index (κ3) is 2.57. The van der Waals surface area contributed by atoms with Gasteiger partial charge in [-0.15, -0.1) is 5.10 Å². The normalized spacial score (nSPS) is 10.2. The highest BCUT2D eigenvalue weighted by Crippen LogP contribution is 2.18. The van der Waals surface area contributed by atoms with Crippen LogP contribution in [0.15, 0.2) is 30.5 Å². The van der Waals surface area contributed by atoms with Gasteiger partial charge < -0.3 is 0 Å². The van der Waals surface area contributed by atoms with Crippen LogP contribution in [-0.4, -0.2) is 26.2 Å². The summed E-state index contributed by atoms with van der Waals surface area (Å²) in [6.45, 7) is 0.436. The number of benzene rings is 1. The molecule has 0 unspecified atom stereocenters. The number of nitro groups is 1. The molecule has 18 heavy (non-hydrogen) atoms. The second-order valence-corrected chi connectivity index (χ2v) is 3.66. The number of carbonyl (C=O) groups excluding carboxylic acids is 1. The Bertz CT molecular complexity index is 579. The number of rotatable bonds is 5. The van der Waals surface area contributed by atoms with Crippen LogP contribution in [0.4, 0.5) is 5.69 Å². The molecule has 0 aliphatic heterocycles. The zero-order chi connectivity index (χ0) is 13.0. The summed E-state index contributed by atoms with van der Waals surface area (Å²) in [4.78, 5) is 20.8. The highest BCUT2D eigenvalue weighted by Gasteiger charge is 2.12. The molecule has 1 aromatic carbocycles. The molecule has 2 aromatic rings. The van der Waals surface area contributed by atoms with E-state index in [-0.39, 0.29) is 11.4 Å². The van der Waals surface area contributed by atoms with Gasteiger partial charge in [-0.05, 0) is 6.42 Å². The Morgan fingerprint density at radius 2 is 2.17 bits per heavy atom. The van der Waals surface area contributed by atoms with E-state index in [0.717, 1.165) is 0 Å². The molecule has 0 spiro atoms. The van der Waals surface area contributed by atoms with Gasteiger partial charge in [0, 0.05) is 18.2 Å². The lowest BCUT2D eigenvalue weighted by atomic mass is 10.1. The van der Waals surface area contributed by atoms with Crippen molar-refractivity contribution in [2.75, 3.05) is 0 Å². The molecule has 0 N–H and O–H groups in total. The predicted octanol–water partition coefficient (Wildman–Crippen LogP) is 1.24. The summed E-state index contributed by atoms with van der Waals surface area (Å²) < 4.78 is 1.49. The van der Waals surface area contributed by atoms with Gasteiger partial charge in [-0.2, -0.15) is 0 Å². The van der Waals surface area contributed by atoms with Gasteiger partial charge in [0.1, 0.15) is 5.69 Å². The molecule has 92 valence electrons. The lowest BCUT2D eigenvalue weighted by molar-refractivity contribution is -0.385. The number of aromatic nitrogens is 3. The number of nitrogens with zero attached hydrogens (tertiary/aromatic N) is 4. The van der Waals surface area contributed by atoms with E-state index in [1.165, 1.54) is 16.9 Å². The molecule has 0 fully saturated rings. The van der Waals surface area contributed by atoms with Crippen molar-refractivity contribution in [3.8, 4) is 0 Å². The molecule has 1 heterocycles. The van der Waals surface area contributed by atoms with E-state index in [9.17, 15) is 14.9 Å². The Balaban J connectivity index is 2.10. The van der Waals surface area contributed by atoms with Crippen molar-refractivity contribution in [3.63, 3.8) is 0 Å². The molecule has 2 rings (SSSR count). The second-order valence-electron chi connectivity index (χ2n) is 3.66. The molecule has 0 bridgehead atoms. The van der Waals surface area contributed by atoms with Gasteiger partial charge >= 0.3 is 0 Å². The number of aryl methyl sites for hydroxylation is 2. The summed E-state index contributed by atoms with van der Waals surface area (Å²) in [5, 5.41) is 18.2. The van der Waals surface area contributed by atoms with Crippen LogP contribution in [0.1, 0.15) is 16.1 Å². The van der Waals surface area contributed by atoms with Crippen LogP contribution in [0, 0.1) is 10.1 Å². The minimum atomic E-state index is -0.409. The van der Waals surface area contributed by atoms with Crippen LogP contribution in [0.5, 0.6) is 0 Å². The van der Waals surface area contributed by atoms with E-state index in [0.29, 0.717) is 24.8 Å². The summed E-state index contributed by atoms with van der Waals surface area (Å²) in [7, 11) is 0. The van der Waals surface area contributed by atoms with E-state index in [1.807, 2.05) is 0 Å². The molecule has 1 aromatic heterocycles. The molecular formula is C11H10N4O3. The standard InChI is InChI=1S/C11H10N4O3/c16-8-10-7-14(13-12-10)6-5-9-3-1-2-4-11(9)15(17)18/h1-4,7-8H,5-6H2. The molecule has 0 aliphatic rings. The van der Waals surface area contributed by atoms with E-state index in [2.05, 4.69) is 10.3 Å². The van der Waals surface area contributed by atoms with Crippen molar-refractivity contribution < 1.29 is 9.72 Å². The van der Waals surface area contributed by atoms with Gasteiger partial charge in [-0.1, -0.05) is 23.4 Å². The number of aldehydes is 1. The van der Waals surface area contributed by atoms with Gasteiger partial charge in [0.15, 0.2) is 6.29 Å². The third-order valence-electron chi connectivity index (χ3n) is 2.48. The average molecular weight is 246 g/mol. The Hall–Kier alpha value is -2.57. The van der Waals surface area contributed by atoms with Crippen LogP contribution in [0.3, 0.4) is 0 Å². The molecule has 0 saturated carbocycles. The molecule has 0 atom stereocenters. The van der Waals surface area contributed by atoms with Crippen molar-refractivity contribution >= 4 is 12.0 Å². The number of hydrogen-bond donors (Lipinski definition) is 0. The topological polar surface area (TPSA) is 90.9 Å². The maximum absolute atomic E-state index is 10.8. The minimum absolute atomic E-state index is 0.0910. The smallest absolute Gasteiger partial charge is 0.272 e. The van der Waals surface area contributed by atoms with Crippen LogP contribution in [0.2, 0.25) is 0 Å². The number of carbonyl (C=O) groups is 1. The first-order valence-electron chi connectivity index (χ1n) is 5.28. The SMILES string of the molecule is O=Cc1cn(CCc2ccccc2[N+](=O)[O-])nn1. The van der Waals surface area contributed by atoms with E-state index < -0.39 is 4.92 Å². The molecule has 0 aliphatic carbocycles. The predicted molar refractivity (Wildman–Crippen MR) is 62.2 cm³/mol. The maximum atomic E-state index is 10.8. The molecule has 7 nitrogen and oxygen atoms in total. The quantitative estimate of drug-likeness (QED) is 0.449. The Morgan fingerprint density at radius 3 is 2.83 bits per heavy atom. The Morgan fingerprint density at radius 1 is 1.39 bits per heavy atom. The monoisotopic (exact) mass is 246 g/mol. The molecular weight excluding hydrogens is 236 g/mol. The molecule has 0 amide bonds. The maximum Gasteiger partial charge on any atom is 0.272 e. The van der Waals surface area contributed by atoms with Crippen molar-refractivity contribution in [2.24, 2.45) is 0 Å². The minimum Gasteiger partial charge on any atom is -0.296 e. The fourth-order valence-electron chi connectivity index (χ4n) is 1.61. The van der Waals surface area contributed by atoms with Crippen LogP contribution in [0.25, 0.3) is 0 Å². The van der Waals surface area contributed by atoms with Crippen LogP contribution < -0.4 is 0 Å². The first-order valence-corrected chi connectivity index (χ1v) is 5.28. The highest BCUT2D eigenvalue weighted by molar-refractivity contribution is 5.70. The van der Waals surface area contributed by atoms with Gasteiger partial charge in [0.2, 0.25) is 0 Å². The first-order chi connectivity index (χ1) is 8.70. The number of nitro benzene ring substituents is 1. The Labute approximate surface area is 102 Å². The van der Waals surface area contributed by atoms with Crippen LogP contribution >= 0.6 is 0 Å². The summed E-state index contributed by atoms with van der Waals surface area (Å²) in [5.41, 5.74) is 0.969. The lowest BCUT2D eigenvalue weighted by Crippen LogP contribution is -2.04. The Kier molecular flexibility index (Phi) is 3.42. The van der Waals surface area contributed by atoms with Gasteiger partial charge in [-0.25, -0.2) is 0 Å². The fraction of sp³-hybridized carbons (Fsp3) is 0.182. The second kappa shape index (κ2) is 5.17. The number of para-hydroxylation sites is 1. The zero-order valence-electron chi connectivity index (χ0n) is 9.39. The van der Waals surface area contributed by atoms with Crippen molar-refractivity contribution in [1.82, 2.24) is 15.0 Å². The van der Waals surface area contributed by atoms with Gasteiger partial charge in [0.05, 0.1) is 11.1 Å². The summed E-state index contributed by atoms with van der Waals surface area (Å²) >= 11 is 0. The van der Waals surface area contributed by atoms with E-state index in [1.54, 1.807) is 18.2 Å².